The molecule has 1 atom stereocenters. The molecule has 7 heteroatoms. The number of rotatable bonds is 10. The Hall–Kier alpha value is -4.10. The summed E-state index contributed by atoms with van der Waals surface area (Å²) in [4.78, 5) is 3.34. The van der Waals surface area contributed by atoms with E-state index < -0.39 is 0 Å². The monoisotopic (exact) mass is 481 g/mol. The summed E-state index contributed by atoms with van der Waals surface area (Å²) < 4.78 is 13.2. The third kappa shape index (κ3) is 4.97. The molecular formula is C29H31N5O2. The van der Waals surface area contributed by atoms with Crippen LogP contribution in [0.3, 0.4) is 0 Å². The number of hydrogen-bond donors (Lipinski definition) is 2. The molecule has 3 N–H and O–H groups in total. The van der Waals surface area contributed by atoms with Crippen molar-refractivity contribution in [3.8, 4) is 11.5 Å². The fourth-order valence-electron chi connectivity index (χ4n) is 4.66. The zero-order valence-electron chi connectivity index (χ0n) is 20.6. The highest BCUT2D eigenvalue weighted by Crippen LogP contribution is 2.28. The summed E-state index contributed by atoms with van der Waals surface area (Å²) in [6.45, 7) is 0.557. The second-order valence-corrected chi connectivity index (χ2v) is 8.89. The maximum atomic E-state index is 6.78. The van der Waals surface area contributed by atoms with Crippen molar-refractivity contribution in [3.05, 3.63) is 107 Å². The van der Waals surface area contributed by atoms with Crippen LogP contribution in [0.25, 0.3) is 10.9 Å². The summed E-state index contributed by atoms with van der Waals surface area (Å²) in [5, 5.41) is 10.4. The number of benzene rings is 3. The maximum absolute atomic E-state index is 6.78. The predicted octanol–water partition coefficient (Wildman–Crippen LogP) is 4.85. The fourth-order valence-corrected chi connectivity index (χ4v) is 4.66. The number of nitrogens with two attached hydrogens (primary N) is 1. The number of aryl methyl sites for hydroxylation is 2. The number of nitrogens with one attached hydrogen (secondary N) is 1. The largest absolute Gasteiger partial charge is 0.497 e. The van der Waals surface area contributed by atoms with Crippen LogP contribution in [0.5, 0.6) is 11.5 Å². The number of hydrogen-bond acceptors (Lipinski definition) is 5. The first-order chi connectivity index (χ1) is 17.7. The van der Waals surface area contributed by atoms with Crippen LogP contribution < -0.4 is 15.2 Å². The smallest absolute Gasteiger partial charge is 0.150 e. The van der Waals surface area contributed by atoms with E-state index >= 15 is 0 Å². The van der Waals surface area contributed by atoms with Gasteiger partial charge in [0.1, 0.15) is 17.3 Å². The highest BCUT2D eigenvalue weighted by atomic mass is 16.5. The molecule has 2 aromatic heterocycles. The number of ether oxygens (including phenoxy) is 2. The van der Waals surface area contributed by atoms with Gasteiger partial charge in [0.2, 0.25) is 0 Å². The van der Waals surface area contributed by atoms with Crippen LogP contribution in [0.4, 0.5) is 0 Å². The average molecular weight is 482 g/mol. The van der Waals surface area contributed by atoms with E-state index in [0.717, 1.165) is 47.1 Å². The van der Waals surface area contributed by atoms with Crippen molar-refractivity contribution in [2.45, 2.75) is 31.8 Å². The second kappa shape index (κ2) is 10.7. The lowest BCUT2D eigenvalue weighted by atomic mass is 10.0. The van der Waals surface area contributed by atoms with Crippen LogP contribution >= 0.6 is 0 Å². The van der Waals surface area contributed by atoms with E-state index in [0.29, 0.717) is 13.0 Å². The molecule has 0 saturated carbocycles. The van der Waals surface area contributed by atoms with Crippen molar-refractivity contribution in [2.24, 2.45) is 5.73 Å². The summed E-state index contributed by atoms with van der Waals surface area (Å²) >= 11 is 0. The zero-order valence-corrected chi connectivity index (χ0v) is 20.6. The van der Waals surface area contributed by atoms with Crippen LogP contribution in [0.15, 0.2) is 79.0 Å². The van der Waals surface area contributed by atoms with Crippen LogP contribution in [0.2, 0.25) is 0 Å². The molecule has 0 aliphatic heterocycles. The summed E-state index contributed by atoms with van der Waals surface area (Å²) in [5.41, 5.74) is 11.3. The van der Waals surface area contributed by atoms with Gasteiger partial charge in [0.05, 0.1) is 26.8 Å². The van der Waals surface area contributed by atoms with Gasteiger partial charge in [-0.15, -0.1) is 10.2 Å². The standard InChI is InChI=1S/C29H31N5O2/c1-35-23-14-13-21(27(17-23)36-2)19-34-28(15-12-20-8-4-3-5-9-20)32-33-29(34)25(30)16-22-18-31-26-11-7-6-10-24(22)26/h3-11,13-14,17-18,25,31H,12,15-16,19,30H2,1-2H3/t25-/m1/s1. The van der Waals surface area contributed by atoms with E-state index in [2.05, 4.69) is 56.1 Å². The van der Waals surface area contributed by atoms with Crippen molar-refractivity contribution in [2.75, 3.05) is 14.2 Å². The third-order valence-electron chi connectivity index (χ3n) is 6.61. The summed E-state index contributed by atoms with van der Waals surface area (Å²) in [7, 11) is 3.32. The minimum atomic E-state index is -0.313. The van der Waals surface area contributed by atoms with Crippen molar-refractivity contribution in [1.82, 2.24) is 19.7 Å². The van der Waals surface area contributed by atoms with Gasteiger partial charge < -0.3 is 24.8 Å². The number of methoxy groups -OCH3 is 2. The number of para-hydroxylation sites is 1. The molecule has 0 spiro atoms. The molecule has 0 amide bonds. The van der Waals surface area contributed by atoms with Crippen LogP contribution in [-0.2, 0) is 25.8 Å². The molecule has 0 bridgehead atoms. The number of aromatic nitrogens is 4. The lowest BCUT2D eigenvalue weighted by molar-refractivity contribution is 0.389. The molecular weight excluding hydrogens is 450 g/mol. The molecule has 7 nitrogen and oxygen atoms in total. The molecule has 36 heavy (non-hydrogen) atoms. The fraction of sp³-hybridized carbons (Fsp3) is 0.241. The van der Waals surface area contributed by atoms with E-state index in [1.54, 1.807) is 14.2 Å². The molecule has 0 fully saturated rings. The van der Waals surface area contributed by atoms with Crippen LogP contribution in [0, 0.1) is 0 Å². The van der Waals surface area contributed by atoms with E-state index in [1.807, 2.05) is 42.6 Å². The Morgan fingerprint density at radius 3 is 2.50 bits per heavy atom. The van der Waals surface area contributed by atoms with Crippen molar-refractivity contribution in [3.63, 3.8) is 0 Å². The number of nitrogens with zero attached hydrogens (tertiary/aromatic N) is 3. The van der Waals surface area contributed by atoms with Gasteiger partial charge in [-0.25, -0.2) is 0 Å². The molecule has 0 unspecified atom stereocenters. The van der Waals surface area contributed by atoms with E-state index in [4.69, 9.17) is 15.2 Å². The zero-order chi connectivity index (χ0) is 24.9. The van der Waals surface area contributed by atoms with Gasteiger partial charge in [0.15, 0.2) is 5.82 Å². The number of fused-ring (bicyclic) bond motifs is 1. The average Bonchev–Trinajstić information content (AvgIpc) is 3.52. The lowest BCUT2D eigenvalue weighted by Crippen LogP contribution is -2.21. The second-order valence-electron chi connectivity index (χ2n) is 8.89. The molecule has 0 radical (unpaired) electrons. The first-order valence-corrected chi connectivity index (χ1v) is 12.1. The first kappa shape index (κ1) is 23.6. The maximum Gasteiger partial charge on any atom is 0.150 e. The topological polar surface area (TPSA) is 91.0 Å². The first-order valence-electron chi connectivity index (χ1n) is 12.1. The normalized spacial score (nSPS) is 12.1. The van der Waals surface area contributed by atoms with Gasteiger partial charge in [0.25, 0.3) is 0 Å². The molecule has 5 aromatic rings. The van der Waals surface area contributed by atoms with E-state index in [-0.39, 0.29) is 6.04 Å². The van der Waals surface area contributed by atoms with Crippen molar-refractivity contribution in [1.29, 1.82) is 0 Å². The van der Waals surface area contributed by atoms with Crippen molar-refractivity contribution >= 4 is 10.9 Å². The Labute approximate surface area is 210 Å². The molecule has 0 saturated heterocycles. The minimum absolute atomic E-state index is 0.313. The molecule has 0 aliphatic carbocycles. The lowest BCUT2D eigenvalue weighted by Gasteiger charge is -2.17. The van der Waals surface area contributed by atoms with E-state index in [1.165, 1.54) is 16.5 Å². The Morgan fingerprint density at radius 1 is 0.889 bits per heavy atom. The van der Waals surface area contributed by atoms with Crippen LogP contribution in [0.1, 0.15) is 34.4 Å². The number of aromatic amines is 1. The Kier molecular flexibility index (Phi) is 7.00. The van der Waals surface area contributed by atoms with Gasteiger partial charge in [0, 0.05) is 35.2 Å². The summed E-state index contributed by atoms with van der Waals surface area (Å²) in [5.74, 6) is 3.18. The van der Waals surface area contributed by atoms with E-state index in [9.17, 15) is 0 Å². The molecule has 5 rings (SSSR count). The summed E-state index contributed by atoms with van der Waals surface area (Å²) in [6.07, 6.45) is 4.32. The van der Waals surface area contributed by atoms with Gasteiger partial charge >= 0.3 is 0 Å². The van der Waals surface area contributed by atoms with Gasteiger partial charge in [-0.3, -0.25) is 0 Å². The highest BCUT2D eigenvalue weighted by Gasteiger charge is 2.21. The summed E-state index contributed by atoms with van der Waals surface area (Å²) in [6, 6.07) is 24.2. The minimum Gasteiger partial charge on any atom is -0.497 e. The quantitative estimate of drug-likeness (QED) is 0.297. The predicted molar refractivity (Wildman–Crippen MR) is 141 cm³/mol. The molecule has 184 valence electrons. The van der Waals surface area contributed by atoms with Gasteiger partial charge in [-0.1, -0.05) is 48.5 Å². The molecule has 3 aromatic carbocycles. The third-order valence-corrected chi connectivity index (χ3v) is 6.61. The van der Waals surface area contributed by atoms with Gasteiger partial charge in [-0.05, 0) is 42.2 Å². The number of H-pyrrole nitrogens is 1. The SMILES string of the molecule is COc1ccc(Cn2c(CCc3ccccc3)nnc2[C@H](N)Cc2c[nH]c3ccccc23)c(OC)c1. The Bertz CT molecular complexity index is 1440. The van der Waals surface area contributed by atoms with Gasteiger partial charge in [-0.2, -0.15) is 0 Å². The highest BCUT2D eigenvalue weighted by molar-refractivity contribution is 5.83. The van der Waals surface area contributed by atoms with Crippen LogP contribution in [-0.4, -0.2) is 34.0 Å². The Balaban J connectivity index is 1.47. The van der Waals surface area contributed by atoms with Crippen molar-refractivity contribution < 1.29 is 9.47 Å². The molecule has 2 heterocycles. The molecule has 0 aliphatic rings. The Morgan fingerprint density at radius 2 is 1.69 bits per heavy atom.